The van der Waals surface area contributed by atoms with Crippen molar-refractivity contribution in [1.29, 1.82) is 0 Å². The van der Waals surface area contributed by atoms with Crippen LogP contribution < -0.4 is 10.6 Å². The van der Waals surface area contributed by atoms with Crippen LogP contribution in [0.4, 0.5) is 0 Å². The molecule has 0 aromatic heterocycles. The normalized spacial score (nSPS) is 35.9. The summed E-state index contributed by atoms with van der Waals surface area (Å²) in [6.07, 6.45) is 8.86. The van der Waals surface area contributed by atoms with E-state index in [-0.39, 0.29) is 0 Å². The standard InChI is InChI=1S/C14H28N2OS/c1-12(11-14-5-3-2-4-8-15-14)16-13-6-9-18(17)10-7-13/h12-16H,2-11H2,1H3. The molecule has 2 aliphatic rings. The molecule has 0 bridgehead atoms. The quantitative estimate of drug-likeness (QED) is 0.820. The van der Waals surface area contributed by atoms with Gasteiger partial charge in [0.15, 0.2) is 0 Å². The predicted molar refractivity (Wildman–Crippen MR) is 78.4 cm³/mol. The molecule has 0 aliphatic carbocycles. The minimum absolute atomic E-state index is 0.537. The number of rotatable bonds is 4. The lowest BCUT2D eigenvalue weighted by Gasteiger charge is -2.28. The van der Waals surface area contributed by atoms with Gasteiger partial charge in [-0.15, -0.1) is 0 Å². The fraction of sp³-hybridized carbons (Fsp3) is 1.00. The molecule has 2 saturated heterocycles. The molecule has 18 heavy (non-hydrogen) atoms. The van der Waals surface area contributed by atoms with E-state index in [4.69, 9.17) is 0 Å². The average molecular weight is 272 g/mol. The van der Waals surface area contributed by atoms with Gasteiger partial charge in [-0.3, -0.25) is 4.21 Å². The van der Waals surface area contributed by atoms with E-state index in [2.05, 4.69) is 17.6 Å². The fourth-order valence-corrected chi connectivity index (χ4v) is 4.46. The molecule has 3 nitrogen and oxygen atoms in total. The van der Waals surface area contributed by atoms with Crippen molar-refractivity contribution in [1.82, 2.24) is 10.6 Å². The summed E-state index contributed by atoms with van der Waals surface area (Å²) in [5.41, 5.74) is 0. The Morgan fingerprint density at radius 1 is 1.22 bits per heavy atom. The van der Waals surface area contributed by atoms with E-state index in [1.165, 1.54) is 38.6 Å². The van der Waals surface area contributed by atoms with Crippen LogP contribution in [0.5, 0.6) is 0 Å². The topological polar surface area (TPSA) is 41.1 Å². The van der Waals surface area contributed by atoms with Crippen LogP contribution in [0.3, 0.4) is 0 Å². The molecule has 2 N–H and O–H groups in total. The molecule has 2 aliphatic heterocycles. The number of hydrogen-bond donors (Lipinski definition) is 2. The summed E-state index contributed by atoms with van der Waals surface area (Å²) in [6, 6.07) is 1.88. The smallest absolute Gasteiger partial charge is 0.0249 e. The Morgan fingerprint density at radius 2 is 2.00 bits per heavy atom. The van der Waals surface area contributed by atoms with Gasteiger partial charge in [-0.1, -0.05) is 12.8 Å². The lowest BCUT2D eigenvalue weighted by molar-refractivity contribution is 0.357. The van der Waals surface area contributed by atoms with Crippen molar-refractivity contribution < 1.29 is 4.21 Å². The molecular formula is C14H28N2OS. The van der Waals surface area contributed by atoms with Gasteiger partial charge in [0.1, 0.15) is 0 Å². The summed E-state index contributed by atoms with van der Waals surface area (Å²) in [7, 11) is -0.537. The first kappa shape index (κ1) is 14.5. The first-order chi connectivity index (χ1) is 8.74. The molecule has 2 unspecified atom stereocenters. The van der Waals surface area contributed by atoms with Gasteiger partial charge in [0, 0.05) is 40.4 Å². The molecule has 2 rings (SSSR count). The van der Waals surface area contributed by atoms with Crippen molar-refractivity contribution in [3.05, 3.63) is 0 Å². The van der Waals surface area contributed by atoms with E-state index < -0.39 is 10.8 Å². The van der Waals surface area contributed by atoms with Gasteiger partial charge < -0.3 is 10.6 Å². The van der Waals surface area contributed by atoms with Gasteiger partial charge in [-0.25, -0.2) is 0 Å². The van der Waals surface area contributed by atoms with Crippen LogP contribution in [-0.2, 0) is 10.8 Å². The van der Waals surface area contributed by atoms with Crippen molar-refractivity contribution in [2.24, 2.45) is 0 Å². The highest BCUT2D eigenvalue weighted by molar-refractivity contribution is 7.85. The average Bonchev–Trinajstić information content (AvgIpc) is 2.61. The van der Waals surface area contributed by atoms with Gasteiger partial charge in [0.2, 0.25) is 0 Å². The Balaban J connectivity index is 1.67. The summed E-state index contributed by atoms with van der Waals surface area (Å²) < 4.78 is 11.3. The highest BCUT2D eigenvalue weighted by Gasteiger charge is 2.21. The monoisotopic (exact) mass is 272 g/mol. The summed E-state index contributed by atoms with van der Waals surface area (Å²) in [5.74, 6) is 1.79. The van der Waals surface area contributed by atoms with Crippen LogP contribution in [0, 0.1) is 0 Å². The highest BCUT2D eigenvalue weighted by Crippen LogP contribution is 2.15. The molecule has 2 heterocycles. The third-order valence-corrected chi connectivity index (χ3v) is 5.59. The van der Waals surface area contributed by atoms with E-state index in [1.807, 2.05) is 0 Å². The van der Waals surface area contributed by atoms with E-state index in [0.29, 0.717) is 18.1 Å². The molecule has 0 saturated carbocycles. The van der Waals surface area contributed by atoms with Gasteiger partial charge in [-0.2, -0.15) is 0 Å². The molecule has 0 aromatic carbocycles. The van der Waals surface area contributed by atoms with Gasteiger partial charge >= 0.3 is 0 Å². The molecule has 0 amide bonds. The molecule has 106 valence electrons. The maximum absolute atomic E-state index is 11.3. The van der Waals surface area contributed by atoms with Crippen molar-refractivity contribution in [2.45, 2.75) is 70.0 Å². The van der Waals surface area contributed by atoms with E-state index in [9.17, 15) is 4.21 Å². The Kier molecular flexibility index (Phi) is 6.12. The van der Waals surface area contributed by atoms with Crippen molar-refractivity contribution in [3.8, 4) is 0 Å². The Labute approximate surface area is 114 Å². The maximum Gasteiger partial charge on any atom is 0.0249 e. The second kappa shape index (κ2) is 7.61. The first-order valence-electron chi connectivity index (χ1n) is 7.58. The van der Waals surface area contributed by atoms with Crippen LogP contribution in [-0.4, -0.2) is 40.4 Å². The van der Waals surface area contributed by atoms with Gasteiger partial charge in [0.25, 0.3) is 0 Å². The lowest BCUT2D eigenvalue weighted by Crippen LogP contribution is -2.44. The fourth-order valence-electron chi connectivity index (χ4n) is 3.16. The Hall–Kier alpha value is 0.0700. The summed E-state index contributed by atoms with van der Waals surface area (Å²) in [5, 5.41) is 7.40. The lowest BCUT2D eigenvalue weighted by atomic mass is 10.0. The van der Waals surface area contributed by atoms with Crippen molar-refractivity contribution >= 4 is 10.8 Å². The minimum Gasteiger partial charge on any atom is -0.314 e. The van der Waals surface area contributed by atoms with E-state index in [1.54, 1.807) is 0 Å². The summed E-state index contributed by atoms with van der Waals surface area (Å²) in [4.78, 5) is 0. The van der Waals surface area contributed by atoms with Crippen LogP contribution >= 0.6 is 0 Å². The van der Waals surface area contributed by atoms with Crippen LogP contribution in [0.2, 0.25) is 0 Å². The second-order valence-electron chi connectivity index (χ2n) is 5.93. The molecule has 2 atom stereocenters. The molecule has 0 spiro atoms. The zero-order chi connectivity index (χ0) is 12.8. The number of hydrogen-bond acceptors (Lipinski definition) is 3. The SMILES string of the molecule is CC(CC1CCCCCN1)NC1CCS(=O)CC1. The first-order valence-corrected chi connectivity index (χ1v) is 9.07. The zero-order valence-corrected chi connectivity index (χ0v) is 12.4. The summed E-state index contributed by atoms with van der Waals surface area (Å²) in [6.45, 7) is 3.50. The largest absolute Gasteiger partial charge is 0.314 e. The molecular weight excluding hydrogens is 244 g/mol. The molecule has 0 radical (unpaired) electrons. The van der Waals surface area contributed by atoms with E-state index >= 15 is 0 Å². The highest BCUT2D eigenvalue weighted by atomic mass is 32.2. The maximum atomic E-state index is 11.3. The molecule has 2 fully saturated rings. The minimum atomic E-state index is -0.537. The second-order valence-corrected chi connectivity index (χ2v) is 7.62. The van der Waals surface area contributed by atoms with E-state index in [0.717, 1.165) is 24.3 Å². The van der Waals surface area contributed by atoms with Crippen molar-refractivity contribution in [2.75, 3.05) is 18.1 Å². The number of nitrogens with one attached hydrogen (secondary N) is 2. The van der Waals surface area contributed by atoms with Crippen LogP contribution in [0.15, 0.2) is 0 Å². The molecule has 0 aromatic rings. The molecule has 4 heteroatoms. The Morgan fingerprint density at radius 3 is 2.78 bits per heavy atom. The van der Waals surface area contributed by atoms with Crippen LogP contribution in [0.1, 0.15) is 51.9 Å². The summed E-state index contributed by atoms with van der Waals surface area (Å²) >= 11 is 0. The Bertz CT molecular complexity index is 255. The van der Waals surface area contributed by atoms with Gasteiger partial charge in [0.05, 0.1) is 0 Å². The zero-order valence-electron chi connectivity index (χ0n) is 11.6. The third kappa shape index (κ3) is 4.98. The predicted octanol–water partition coefficient (Wildman–Crippen LogP) is 1.80. The van der Waals surface area contributed by atoms with Gasteiger partial charge in [-0.05, 0) is 45.6 Å². The third-order valence-electron chi connectivity index (χ3n) is 4.21. The van der Waals surface area contributed by atoms with Crippen LogP contribution in [0.25, 0.3) is 0 Å². The van der Waals surface area contributed by atoms with Crippen molar-refractivity contribution in [3.63, 3.8) is 0 Å².